The zero-order chi connectivity index (χ0) is 33.7. The number of amides is 2. The van der Waals surface area contributed by atoms with Gasteiger partial charge in [-0.3, -0.25) is 24.1 Å². The molecule has 5 rings (SSSR count). The van der Waals surface area contributed by atoms with Crippen LogP contribution in [0.1, 0.15) is 46.5 Å². The molecule has 12 heteroatoms. The van der Waals surface area contributed by atoms with Crippen LogP contribution in [-0.2, 0) is 16.0 Å². The Balaban J connectivity index is 1.56. The number of fused-ring (bicyclic) bond motifs is 3. The van der Waals surface area contributed by atoms with Gasteiger partial charge in [-0.15, -0.1) is 0 Å². The van der Waals surface area contributed by atoms with Gasteiger partial charge in [0.05, 0.1) is 11.6 Å². The molecule has 7 N–H and O–H groups in total. The normalized spacial score (nSPS) is 24.2. The molecular weight excluding hydrogens is 592 g/mol. The van der Waals surface area contributed by atoms with Crippen molar-refractivity contribution in [1.29, 1.82) is 0 Å². The van der Waals surface area contributed by atoms with Gasteiger partial charge in [-0.2, -0.15) is 0 Å². The largest absolute Gasteiger partial charge is 0.510 e. The van der Waals surface area contributed by atoms with Crippen LogP contribution in [0, 0.1) is 11.8 Å². The van der Waals surface area contributed by atoms with E-state index in [0.29, 0.717) is 35.3 Å². The molecule has 0 unspecified atom stereocenters. The first-order chi connectivity index (χ1) is 21.8. The topological polar surface area (TPSA) is 194 Å². The van der Waals surface area contributed by atoms with Gasteiger partial charge in [0.2, 0.25) is 5.78 Å². The number of phenolic OH excluding ortho intramolecular Hbond substituents is 1. The van der Waals surface area contributed by atoms with E-state index in [1.54, 1.807) is 44.4 Å². The number of carbonyl (C=O) groups excluding carboxylic acids is 4. The fraction of sp³-hybridized carbons (Fsp3) is 0.412. The second-order valence-corrected chi connectivity index (χ2v) is 12.3. The van der Waals surface area contributed by atoms with E-state index < -0.39 is 58.0 Å². The number of aromatic hydroxyl groups is 1. The second-order valence-electron chi connectivity index (χ2n) is 12.3. The van der Waals surface area contributed by atoms with Gasteiger partial charge >= 0.3 is 0 Å². The summed E-state index contributed by atoms with van der Waals surface area (Å²) in [6, 6.07) is 8.86. The number of Topliss-reactive ketones (excluding diaryl/α,β-unsaturated/α-hetero) is 2. The highest BCUT2D eigenvalue weighted by atomic mass is 16.3. The van der Waals surface area contributed by atoms with Crippen molar-refractivity contribution >= 4 is 23.4 Å². The molecule has 0 radical (unpaired) electrons. The maximum atomic E-state index is 14.1. The molecule has 244 valence electrons. The van der Waals surface area contributed by atoms with E-state index in [0.717, 1.165) is 13.1 Å². The smallest absolute Gasteiger partial charge is 0.255 e. The average Bonchev–Trinajstić information content (AvgIpc) is 3.01. The molecule has 0 saturated carbocycles. The molecule has 2 aromatic rings. The SMILES string of the molecule is CCN(CC)CCNC(=O)c1cccc(-c2ccc(O)c3c2C[C@H]2C[C@H]4[C@H](N(C)C)C(O)=C(C(N)=O)C(=O)[C@@]4(O)C(O)=C2C3=O)c1. The summed E-state index contributed by atoms with van der Waals surface area (Å²) in [6.07, 6.45) is 0.119. The van der Waals surface area contributed by atoms with Crippen LogP contribution in [0.4, 0.5) is 0 Å². The van der Waals surface area contributed by atoms with E-state index in [1.165, 1.54) is 11.0 Å². The Morgan fingerprint density at radius 2 is 1.76 bits per heavy atom. The van der Waals surface area contributed by atoms with Crippen LogP contribution < -0.4 is 11.1 Å². The van der Waals surface area contributed by atoms with Crippen molar-refractivity contribution in [2.24, 2.45) is 17.6 Å². The summed E-state index contributed by atoms with van der Waals surface area (Å²) in [5, 5.41) is 48.1. The third-order valence-electron chi connectivity index (χ3n) is 9.65. The number of hydrogen-bond acceptors (Lipinski definition) is 10. The van der Waals surface area contributed by atoms with E-state index in [9.17, 15) is 39.6 Å². The first-order valence-electron chi connectivity index (χ1n) is 15.4. The summed E-state index contributed by atoms with van der Waals surface area (Å²) in [6.45, 7) is 7.05. The van der Waals surface area contributed by atoms with Crippen molar-refractivity contribution in [2.45, 2.75) is 38.3 Å². The van der Waals surface area contributed by atoms with Gasteiger partial charge in [-0.1, -0.05) is 32.0 Å². The van der Waals surface area contributed by atoms with Crippen LogP contribution in [0.25, 0.3) is 11.1 Å². The number of nitrogens with zero attached hydrogens (tertiary/aromatic N) is 2. The molecule has 46 heavy (non-hydrogen) atoms. The highest BCUT2D eigenvalue weighted by Gasteiger charge is 2.63. The number of ketones is 2. The van der Waals surface area contributed by atoms with Crippen LogP contribution in [0.5, 0.6) is 5.75 Å². The first kappa shape index (κ1) is 32.9. The lowest BCUT2D eigenvalue weighted by atomic mass is 9.58. The van der Waals surface area contributed by atoms with Crippen LogP contribution >= 0.6 is 0 Å². The zero-order valence-corrected chi connectivity index (χ0v) is 26.3. The highest BCUT2D eigenvalue weighted by Crippen LogP contribution is 2.53. The molecule has 0 aromatic heterocycles. The van der Waals surface area contributed by atoms with Crippen molar-refractivity contribution in [3.63, 3.8) is 0 Å². The highest BCUT2D eigenvalue weighted by molar-refractivity contribution is 6.25. The third kappa shape index (κ3) is 5.16. The Morgan fingerprint density at radius 3 is 2.39 bits per heavy atom. The minimum atomic E-state index is -2.70. The van der Waals surface area contributed by atoms with Crippen molar-refractivity contribution in [3.05, 3.63) is 75.8 Å². The van der Waals surface area contributed by atoms with Crippen molar-refractivity contribution in [3.8, 4) is 16.9 Å². The molecule has 12 nitrogen and oxygen atoms in total. The summed E-state index contributed by atoms with van der Waals surface area (Å²) in [7, 11) is 3.16. The monoisotopic (exact) mass is 632 g/mol. The van der Waals surface area contributed by atoms with Crippen LogP contribution in [0.15, 0.2) is 59.1 Å². The Morgan fingerprint density at radius 1 is 1.07 bits per heavy atom. The summed E-state index contributed by atoms with van der Waals surface area (Å²) < 4.78 is 0. The number of primary amides is 1. The lowest BCUT2D eigenvalue weighted by Crippen LogP contribution is -2.63. The number of carbonyl (C=O) groups is 4. The molecule has 0 aliphatic heterocycles. The predicted molar refractivity (Wildman–Crippen MR) is 169 cm³/mol. The quantitative estimate of drug-likeness (QED) is 0.222. The minimum absolute atomic E-state index is 0.0180. The minimum Gasteiger partial charge on any atom is -0.510 e. The maximum Gasteiger partial charge on any atom is 0.255 e. The zero-order valence-electron chi connectivity index (χ0n) is 26.3. The average molecular weight is 633 g/mol. The fourth-order valence-electron chi connectivity index (χ4n) is 7.32. The number of benzene rings is 2. The number of phenols is 1. The summed E-state index contributed by atoms with van der Waals surface area (Å²) >= 11 is 0. The standard InChI is InChI=1S/C34H40N4O8/c1-5-38(6-2)13-12-36-33(45)18-9-7-8-17(14-18)20-10-11-23(39)25-21(20)15-19-16-22-27(37(3)4)29(41)26(32(35)44)31(43)34(22,46)30(42)24(19)28(25)40/h7-11,14,19,22,27,39,41-42,46H,5-6,12-13,15-16H2,1-4H3,(H2,35,44)(H,36,45)/t19-,22-,27-,34-/m0/s1. The van der Waals surface area contributed by atoms with Gasteiger partial charge < -0.3 is 36.4 Å². The first-order valence-corrected chi connectivity index (χ1v) is 15.4. The van der Waals surface area contributed by atoms with E-state index in [4.69, 9.17) is 5.73 Å². The fourth-order valence-corrected chi connectivity index (χ4v) is 7.32. The summed E-state index contributed by atoms with van der Waals surface area (Å²) in [5.41, 5.74) is 3.66. The molecule has 0 saturated heterocycles. The van der Waals surface area contributed by atoms with Crippen LogP contribution in [-0.4, -0.2) is 106 Å². The van der Waals surface area contributed by atoms with E-state index in [2.05, 4.69) is 24.1 Å². The molecule has 2 aromatic carbocycles. The molecule has 0 bridgehead atoms. The maximum absolute atomic E-state index is 14.1. The Labute approximate surface area is 266 Å². The van der Waals surface area contributed by atoms with Crippen LogP contribution in [0.2, 0.25) is 0 Å². The number of nitrogens with one attached hydrogen (secondary N) is 1. The van der Waals surface area contributed by atoms with Gasteiger partial charge in [-0.05, 0) is 80.8 Å². The Kier molecular flexibility index (Phi) is 8.82. The molecule has 0 fully saturated rings. The number of rotatable bonds is 9. The number of aliphatic hydroxyl groups excluding tert-OH is 2. The van der Waals surface area contributed by atoms with Crippen molar-refractivity contribution in [1.82, 2.24) is 15.1 Å². The molecule has 0 heterocycles. The molecule has 2 amide bonds. The van der Waals surface area contributed by atoms with E-state index in [1.807, 2.05) is 0 Å². The third-order valence-corrected chi connectivity index (χ3v) is 9.65. The lowest BCUT2D eigenvalue weighted by Gasteiger charge is -2.50. The number of allylic oxidation sites excluding steroid dienone is 1. The molecule has 3 aliphatic rings. The van der Waals surface area contributed by atoms with Crippen molar-refractivity contribution in [2.75, 3.05) is 40.3 Å². The van der Waals surface area contributed by atoms with Gasteiger partial charge in [-0.25, -0.2) is 0 Å². The lowest BCUT2D eigenvalue weighted by molar-refractivity contribution is -0.148. The molecule has 4 atom stereocenters. The number of hydrogen-bond donors (Lipinski definition) is 6. The van der Waals surface area contributed by atoms with Gasteiger partial charge in [0, 0.05) is 30.1 Å². The van der Waals surface area contributed by atoms with Gasteiger partial charge in [0.15, 0.2) is 11.4 Å². The van der Waals surface area contributed by atoms with Gasteiger partial charge in [0.1, 0.15) is 22.8 Å². The number of nitrogens with two attached hydrogens (primary N) is 1. The van der Waals surface area contributed by atoms with E-state index in [-0.39, 0.29) is 35.6 Å². The molecule has 0 spiro atoms. The number of likely N-dealkylation sites (N-methyl/N-ethyl adjacent to an activating group) is 2. The second kappa shape index (κ2) is 12.3. The summed E-state index contributed by atoms with van der Waals surface area (Å²) in [5.74, 6) is -7.30. The number of aliphatic hydroxyl groups is 3. The predicted octanol–water partition coefficient (Wildman–Crippen LogP) is 1.86. The Bertz CT molecular complexity index is 1690. The van der Waals surface area contributed by atoms with E-state index >= 15 is 0 Å². The molecule has 3 aliphatic carbocycles. The summed E-state index contributed by atoms with van der Waals surface area (Å²) in [4.78, 5) is 56.4. The van der Waals surface area contributed by atoms with Crippen molar-refractivity contribution < 1.29 is 39.6 Å². The molecular formula is C34H40N4O8. The Hall–Kier alpha value is -4.52. The van der Waals surface area contributed by atoms with Crippen LogP contribution in [0.3, 0.4) is 0 Å². The van der Waals surface area contributed by atoms with Gasteiger partial charge in [0.25, 0.3) is 11.8 Å².